The molecule has 1 amide bonds. The predicted molar refractivity (Wildman–Crippen MR) is 125 cm³/mol. The zero-order valence-electron chi connectivity index (χ0n) is 18.0. The second kappa shape index (κ2) is 10.2. The number of hydrogen-bond donors (Lipinski definition) is 1. The SMILES string of the molecule is CCCCCNC(=O)C1CCN(Cc2cc(=O)n3c(-c4ccccc4)csc3n2)CC1. The number of piperidine rings is 1. The Morgan fingerprint density at radius 3 is 2.71 bits per heavy atom. The van der Waals surface area contributed by atoms with E-state index in [1.54, 1.807) is 10.5 Å². The van der Waals surface area contributed by atoms with Gasteiger partial charge >= 0.3 is 0 Å². The number of rotatable bonds is 8. The molecule has 1 N–H and O–H groups in total. The van der Waals surface area contributed by atoms with Crippen LogP contribution in [0.25, 0.3) is 16.2 Å². The third kappa shape index (κ3) is 5.22. The first-order valence-corrected chi connectivity index (χ1v) is 12.1. The molecule has 0 bridgehead atoms. The van der Waals surface area contributed by atoms with E-state index in [2.05, 4.69) is 17.1 Å². The van der Waals surface area contributed by atoms with Crippen molar-refractivity contribution in [3.8, 4) is 11.3 Å². The Bertz CT molecular complexity index is 1070. The maximum atomic E-state index is 12.8. The molecular weight excluding hydrogens is 408 g/mol. The van der Waals surface area contributed by atoms with Crippen molar-refractivity contribution in [3.05, 3.63) is 57.8 Å². The number of nitrogens with one attached hydrogen (secondary N) is 1. The highest BCUT2D eigenvalue weighted by Crippen LogP contribution is 2.24. The molecule has 7 heteroatoms. The fraction of sp³-hybridized carbons (Fsp3) is 0.458. The van der Waals surface area contributed by atoms with Crippen LogP contribution in [0.2, 0.25) is 0 Å². The molecule has 1 aliphatic rings. The average Bonchev–Trinajstić information content (AvgIpc) is 3.22. The predicted octanol–water partition coefficient (Wildman–Crippen LogP) is 3.94. The van der Waals surface area contributed by atoms with Gasteiger partial charge in [-0.1, -0.05) is 50.1 Å². The summed E-state index contributed by atoms with van der Waals surface area (Å²) in [6.07, 6.45) is 5.10. The minimum Gasteiger partial charge on any atom is -0.356 e. The number of amides is 1. The van der Waals surface area contributed by atoms with E-state index in [9.17, 15) is 9.59 Å². The minimum atomic E-state index is -0.0403. The van der Waals surface area contributed by atoms with Crippen molar-refractivity contribution in [2.24, 2.45) is 5.92 Å². The smallest absolute Gasteiger partial charge is 0.259 e. The van der Waals surface area contributed by atoms with Gasteiger partial charge in [-0.15, -0.1) is 11.3 Å². The quantitative estimate of drug-likeness (QED) is 0.541. The van der Waals surface area contributed by atoms with Crippen molar-refractivity contribution >= 4 is 22.2 Å². The minimum absolute atomic E-state index is 0.0403. The summed E-state index contributed by atoms with van der Waals surface area (Å²) in [6, 6.07) is 11.6. The molecule has 2 aromatic heterocycles. The van der Waals surface area contributed by atoms with Gasteiger partial charge in [-0.05, 0) is 37.9 Å². The Labute approximate surface area is 186 Å². The third-order valence-corrected chi connectivity index (χ3v) is 6.78. The van der Waals surface area contributed by atoms with Gasteiger partial charge in [0.25, 0.3) is 5.56 Å². The lowest BCUT2D eigenvalue weighted by Crippen LogP contribution is -2.40. The van der Waals surface area contributed by atoms with Crippen molar-refractivity contribution in [1.29, 1.82) is 0 Å². The van der Waals surface area contributed by atoms with Gasteiger partial charge in [0, 0.05) is 30.5 Å². The van der Waals surface area contributed by atoms with E-state index in [0.717, 1.165) is 73.7 Å². The van der Waals surface area contributed by atoms with Gasteiger partial charge in [0.05, 0.1) is 11.4 Å². The topological polar surface area (TPSA) is 66.7 Å². The molecule has 0 saturated carbocycles. The molecule has 0 spiro atoms. The molecule has 3 heterocycles. The highest BCUT2D eigenvalue weighted by molar-refractivity contribution is 7.15. The molecule has 3 aromatic rings. The van der Waals surface area contributed by atoms with E-state index in [4.69, 9.17) is 4.98 Å². The van der Waals surface area contributed by atoms with Crippen molar-refractivity contribution in [2.45, 2.75) is 45.6 Å². The number of unbranched alkanes of at least 4 members (excludes halogenated alkanes) is 2. The molecule has 1 aliphatic heterocycles. The largest absolute Gasteiger partial charge is 0.356 e. The van der Waals surface area contributed by atoms with Crippen LogP contribution >= 0.6 is 11.3 Å². The van der Waals surface area contributed by atoms with Gasteiger partial charge in [0.1, 0.15) is 0 Å². The summed E-state index contributed by atoms with van der Waals surface area (Å²) in [6.45, 7) is 5.31. The Kier molecular flexibility index (Phi) is 7.14. The van der Waals surface area contributed by atoms with Crippen LogP contribution in [0, 0.1) is 5.92 Å². The summed E-state index contributed by atoms with van der Waals surface area (Å²) in [7, 11) is 0. The first-order valence-electron chi connectivity index (χ1n) is 11.2. The lowest BCUT2D eigenvalue weighted by molar-refractivity contribution is -0.126. The molecule has 31 heavy (non-hydrogen) atoms. The van der Waals surface area contributed by atoms with E-state index in [0.29, 0.717) is 6.54 Å². The summed E-state index contributed by atoms with van der Waals surface area (Å²) >= 11 is 1.49. The standard InChI is InChI=1S/C24H30N4O2S/c1-2-3-7-12-25-23(30)19-10-13-27(14-11-19)16-20-15-22(29)28-21(17-31-24(28)26-20)18-8-5-4-6-9-18/h4-6,8-9,15,17,19H,2-3,7,10-14,16H2,1H3,(H,25,30). The number of benzene rings is 1. The van der Waals surface area contributed by atoms with E-state index in [1.165, 1.54) is 11.3 Å². The van der Waals surface area contributed by atoms with Gasteiger partial charge < -0.3 is 5.32 Å². The Morgan fingerprint density at radius 1 is 1.19 bits per heavy atom. The number of carbonyl (C=O) groups excluding carboxylic acids is 1. The van der Waals surface area contributed by atoms with Gasteiger partial charge in [-0.2, -0.15) is 0 Å². The van der Waals surface area contributed by atoms with Gasteiger partial charge in [0.15, 0.2) is 4.96 Å². The normalized spacial score (nSPS) is 15.4. The molecule has 1 aromatic carbocycles. The zero-order valence-corrected chi connectivity index (χ0v) is 18.9. The van der Waals surface area contributed by atoms with Crippen molar-refractivity contribution in [2.75, 3.05) is 19.6 Å². The van der Waals surface area contributed by atoms with Crippen molar-refractivity contribution in [3.63, 3.8) is 0 Å². The molecule has 164 valence electrons. The molecular formula is C24H30N4O2S. The molecule has 1 saturated heterocycles. The van der Waals surface area contributed by atoms with Crippen LogP contribution in [0.4, 0.5) is 0 Å². The number of nitrogens with zero attached hydrogens (tertiary/aromatic N) is 3. The fourth-order valence-corrected chi connectivity index (χ4v) is 5.09. The van der Waals surface area contributed by atoms with Crippen LogP contribution in [-0.2, 0) is 11.3 Å². The first-order chi connectivity index (χ1) is 15.2. The lowest BCUT2D eigenvalue weighted by Gasteiger charge is -2.31. The maximum absolute atomic E-state index is 12.8. The monoisotopic (exact) mass is 438 g/mol. The van der Waals surface area contributed by atoms with Crippen molar-refractivity contribution in [1.82, 2.24) is 19.6 Å². The molecule has 0 unspecified atom stereocenters. The number of thiazole rings is 1. The number of carbonyl (C=O) groups is 1. The van der Waals surface area contributed by atoms with Crippen molar-refractivity contribution < 1.29 is 4.79 Å². The van der Waals surface area contributed by atoms with Gasteiger partial charge in [0.2, 0.25) is 5.91 Å². The molecule has 0 aliphatic carbocycles. The highest BCUT2D eigenvalue weighted by Gasteiger charge is 2.25. The van der Waals surface area contributed by atoms with Crippen LogP contribution in [0.5, 0.6) is 0 Å². The summed E-state index contributed by atoms with van der Waals surface area (Å²) in [5, 5.41) is 5.08. The summed E-state index contributed by atoms with van der Waals surface area (Å²) < 4.78 is 1.69. The number of fused-ring (bicyclic) bond motifs is 1. The summed E-state index contributed by atoms with van der Waals surface area (Å²) in [4.78, 5) is 33.0. The summed E-state index contributed by atoms with van der Waals surface area (Å²) in [5.41, 5.74) is 2.66. The average molecular weight is 439 g/mol. The van der Waals surface area contributed by atoms with Gasteiger partial charge in [-0.3, -0.25) is 18.9 Å². The summed E-state index contributed by atoms with van der Waals surface area (Å²) in [5.74, 6) is 0.297. The van der Waals surface area contributed by atoms with E-state index in [1.807, 2.05) is 35.7 Å². The van der Waals surface area contributed by atoms with Crippen LogP contribution in [-0.4, -0.2) is 39.8 Å². The Balaban J connectivity index is 1.37. The molecule has 4 rings (SSSR count). The number of aromatic nitrogens is 2. The van der Waals surface area contributed by atoms with Crippen LogP contribution in [0.1, 0.15) is 44.7 Å². The number of hydrogen-bond acceptors (Lipinski definition) is 5. The highest BCUT2D eigenvalue weighted by atomic mass is 32.1. The third-order valence-electron chi connectivity index (χ3n) is 5.95. The second-order valence-electron chi connectivity index (χ2n) is 8.24. The molecule has 1 fully saturated rings. The first kappa shape index (κ1) is 21.7. The van der Waals surface area contributed by atoms with Crippen LogP contribution < -0.4 is 10.9 Å². The maximum Gasteiger partial charge on any atom is 0.259 e. The zero-order chi connectivity index (χ0) is 21.6. The van der Waals surface area contributed by atoms with E-state index >= 15 is 0 Å². The van der Waals surface area contributed by atoms with Crippen LogP contribution in [0.3, 0.4) is 0 Å². The fourth-order valence-electron chi connectivity index (χ4n) is 4.17. The Morgan fingerprint density at radius 2 is 1.97 bits per heavy atom. The van der Waals surface area contributed by atoms with E-state index in [-0.39, 0.29) is 17.4 Å². The lowest BCUT2D eigenvalue weighted by atomic mass is 9.95. The molecule has 0 atom stereocenters. The van der Waals surface area contributed by atoms with E-state index < -0.39 is 0 Å². The Hall–Kier alpha value is -2.51. The molecule has 0 radical (unpaired) electrons. The van der Waals surface area contributed by atoms with Gasteiger partial charge in [-0.25, -0.2) is 4.98 Å². The number of likely N-dealkylation sites (tertiary alicyclic amines) is 1. The second-order valence-corrected chi connectivity index (χ2v) is 9.08. The van der Waals surface area contributed by atoms with Crippen LogP contribution in [0.15, 0.2) is 46.6 Å². The molecule has 6 nitrogen and oxygen atoms in total.